The minimum Gasteiger partial charge on any atom is -0.379 e. The highest BCUT2D eigenvalue weighted by molar-refractivity contribution is 5.85. The summed E-state index contributed by atoms with van der Waals surface area (Å²) in [6.07, 6.45) is 5.60. The number of nitrogens with one attached hydrogen (secondary N) is 1. The molecule has 0 radical (unpaired) electrons. The lowest BCUT2D eigenvalue weighted by Crippen LogP contribution is -2.56. The van der Waals surface area contributed by atoms with E-state index in [9.17, 15) is 4.79 Å². The lowest BCUT2D eigenvalue weighted by atomic mass is 9.89. The number of halogens is 2. The van der Waals surface area contributed by atoms with E-state index in [4.69, 9.17) is 4.74 Å². The molecular weight excluding hydrogens is 337 g/mol. The lowest BCUT2D eigenvalue weighted by molar-refractivity contribution is -0.136. The number of hydrogen-bond acceptors (Lipinski definition) is 4. The smallest absolute Gasteiger partial charge is 0.224 e. The second-order valence-electron chi connectivity index (χ2n) is 6.90. The minimum atomic E-state index is 0. The molecule has 2 saturated heterocycles. The predicted octanol–water partition coefficient (Wildman–Crippen LogP) is 1.69. The molecule has 0 aromatic carbocycles. The molecule has 5 nitrogen and oxygen atoms in total. The molecule has 3 rings (SSSR count). The monoisotopic (exact) mass is 367 g/mol. The first kappa shape index (κ1) is 21.0. The van der Waals surface area contributed by atoms with Crippen molar-refractivity contribution in [3.8, 4) is 0 Å². The lowest BCUT2D eigenvalue weighted by Gasteiger charge is -2.44. The summed E-state index contributed by atoms with van der Waals surface area (Å²) >= 11 is 0. The molecule has 1 unspecified atom stereocenters. The minimum absolute atomic E-state index is 0. The van der Waals surface area contributed by atoms with Crippen LogP contribution in [0.4, 0.5) is 0 Å². The van der Waals surface area contributed by atoms with E-state index in [-0.39, 0.29) is 30.4 Å². The van der Waals surface area contributed by atoms with Crippen molar-refractivity contribution in [2.45, 2.75) is 50.6 Å². The van der Waals surface area contributed by atoms with Crippen molar-refractivity contribution in [1.29, 1.82) is 0 Å². The summed E-state index contributed by atoms with van der Waals surface area (Å²) in [4.78, 5) is 17.4. The molecule has 3 fully saturated rings. The molecule has 1 saturated carbocycles. The normalized spacial score (nSPS) is 27.9. The zero-order valence-corrected chi connectivity index (χ0v) is 15.7. The fourth-order valence-corrected chi connectivity index (χ4v) is 4.23. The van der Waals surface area contributed by atoms with Gasteiger partial charge in [0.25, 0.3) is 0 Å². The quantitative estimate of drug-likeness (QED) is 0.824. The van der Waals surface area contributed by atoms with Crippen LogP contribution < -0.4 is 5.32 Å². The van der Waals surface area contributed by atoms with E-state index >= 15 is 0 Å². The molecule has 2 aliphatic heterocycles. The molecule has 23 heavy (non-hydrogen) atoms. The van der Waals surface area contributed by atoms with Crippen LogP contribution in [-0.4, -0.2) is 73.2 Å². The highest BCUT2D eigenvalue weighted by Gasteiger charge is 2.42. The number of rotatable bonds is 3. The number of carbonyl (C=O) groups is 1. The first-order valence-corrected chi connectivity index (χ1v) is 8.54. The maximum absolute atomic E-state index is 12.8. The molecule has 0 spiro atoms. The molecule has 1 N–H and O–H groups in total. The van der Waals surface area contributed by atoms with Crippen molar-refractivity contribution in [2.75, 3.05) is 45.9 Å². The molecule has 0 aromatic heterocycles. The zero-order chi connectivity index (χ0) is 14.7. The summed E-state index contributed by atoms with van der Waals surface area (Å²) in [5.41, 5.74) is 0.120. The summed E-state index contributed by atoms with van der Waals surface area (Å²) in [5, 5.41) is 3.41. The maximum atomic E-state index is 12.8. The summed E-state index contributed by atoms with van der Waals surface area (Å²) in [6.45, 7) is 8.43. The van der Waals surface area contributed by atoms with Gasteiger partial charge in [0.1, 0.15) is 0 Å². The predicted molar refractivity (Wildman–Crippen MR) is 96.7 cm³/mol. The van der Waals surface area contributed by atoms with Gasteiger partial charge in [-0.15, -0.1) is 24.8 Å². The van der Waals surface area contributed by atoms with Crippen LogP contribution in [0.2, 0.25) is 0 Å². The topological polar surface area (TPSA) is 44.8 Å². The van der Waals surface area contributed by atoms with Gasteiger partial charge in [0.15, 0.2) is 0 Å². The largest absolute Gasteiger partial charge is 0.379 e. The Labute approximate surface area is 152 Å². The Hall–Kier alpha value is -0.0700. The van der Waals surface area contributed by atoms with Crippen molar-refractivity contribution in [3.05, 3.63) is 0 Å². The summed E-state index contributed by atoms with van der Waals surface area (Å²) in [6, 6.07) is 0.422. The number of carbonyl (C=O) groups excluding carboxylic acids is 1. The van der Waals surface area contributed by atoms with E-state index in [0.29, 0.717) is 18.4 Å². The summed E-state index contributed by atoms with van der Waals surface area (Å²) in [5.74, 6) is 0.358. The van der Waals surface area contributed by atoms with Crippen molar-refractivity contribution in [1.82, 2.24) is 15.1 Å². The van der Waals surface area contributed by atoms with Crippen LogP contribution in [0, 0.1) is 0 Å². The number of amides is 1. The summed E-state index contributed by atoms with van der Waals surface area (Å²) < 4.78 is 5.49. The molecule has 7 heteroatoms. The molecule has 0 aromatic rings. The third-order valence-corrected chi connectivity index (χ3v) is 5.42. The number of nitrogens with zero attached hydrogens (tertiary/aromatic N) is 2. The van der Waals surface area contributed by atoms with Gasteiger partial charge in [-0.3, -0.25) is 9.69 Å². The molecule has 1 atom stereocenters. The first-order valence-electron chi connectivity index (χ1n) is 8.54. The van der Waals surface area contributed by atoms with E-state index in [2.05, 4.69) is 22.0 Å². The van der Waals surface area contributed by atoms with Crippen molar-refractivity contribution in [2.24, 2.45) is 0 Å². The van der Waals surface area contributed by atoms with Crippen LogP contribution in [0.3, 0.4) is 0 Å². The second kappa shape index (κ2) is 9.42. The molecule has 1 amide bonds. The van der Waals surface area contributed by atoms with E-state index in [0.717, 1.165) is 45.9 Å². The highest BCUT2D eigenvalue weighted by atomic mass is 35.5. The van der Waals surface area contributed by atoms with Crippen molar-refractivity contribution >= 4 is 30.7 Å². The van der Waals surface area contributed by atoms with Gasteiger partial charge >= 0.3 is 0 Å². The highest BCUT2D eigenvalue weighted by Crippen LogP contribution is 2.39. The fourth-order valence-electron chi connectivity index (χ4n) is 4.23. The molecule has 0 bridgehead atoms. The summed E-state index contributed by atoms with van der Waals surface area (Å²) in [7, 11) is 0. The van der Waals surface area contributed by atoms with E-state index in [1.54, 1.807) is 0 Å². The van der Waals surface area contributed by atoms with Crippen LogP contribution in [0.15, 0.2) is 0 Å². The SMILES string of the molecule is CC1CN(C(=O)CC2(N3CCOCC3)CCCC2)CCN1.Cl.Cl. The Bertz CT molecular complexity index is 372. The Morgan fingerprint density at radius 3 is 2.43 bits per heavy atom. The van der Waals surface area contributed by atoms with E-state index in [1.165, 1.54) is 25.7 Å². The second-order valence-corrected chi connectivity index (χ2v) is 6.90. The Kier molecular flexibility index (Phi) is 8.59. The van der Waals surface area contributed by atoms with Gasteiger partial charge in [-0.25, -0.2) is 0 Å². The van der Waals surface area contributed by atoms with Gasteiger partial charge in [0.05, 0.1) is 13.2 Å². The third-order valence-electron chi connectivity index (χ3n) is 5.42. The Morgan fingerprint density at radius 1 is 1.17 bits per heavy atom. The van der Waals surface area contributed by atoms with Crippen LogP contribution >= 0.6 is 24.8 Å². The van der Waals surface area contributed by atoms with Crippen molar-refractivity contribution in [3.63, 3.8) is 0 Å². The van der Waals surface area contributed by atoms with Gasteiger partial charge in [0.2, 0.25) is 5.91 Å². The molecular formula is C16H31Cl2N3O2. The Morgan fingerprint density at radius 2 is 1.83 bits per heavy atom. The van der Waals surface area contributed by atoms with Gasteiger partial charge in [-0.1, -0.05) is 12.8 Å². The van der Waals surface area contributed by atoms with Gasteiger partial charge < -0.3 is 15.0 Å². The van der Waals surface area contributed by atoms with Gasteiger partial charge in [-0.2, -0.15) is 0 Å². The average molecular weight is 368 g/mol. The van der Waals surface area contributed by atoms with Crippen molar-refractivity contribution < 1.29 is 9.53 Å². The standard InChI is InChI=1S/C16H29N3O2.2ClH/c1-14-13-18(7-6-17-14)15(20)12-16(4-2-3-5-16)19-8-10-21-11-9-19;;/h14,17H,2-13H2,1H3;2*1H. The van der Waals surface area contributed by atoms with Crippen LogP contribution in [0.1, 0.15) is 39.0 Å². The van der Waals surface area contributed by atoms with Crippen LogP contribution in [0.25, 0.3) is 0 Å². The zero-order valence-electron chi connectivity index (χ0n) is 14.1. The number of hydrogen-bond donors (Lipinski definition) is 1. The van der Waals surface area contributed by atoms with Gasteiger partial charge in [-0.05, 0) is 19.8 Å². The molecule has 3 aliphatic rings. The van der Waals surface area contributed by atoms with Crippen LogP contribution in [0.5, 0.6) is 0 Å². The average Bonchev–Trinajstić information content (AvgIpc) is 2.98. The third kappa shape index (κ3) is 4.95. The first-order chi connectivity index (χ1) is 10.2. The fraction of sp³-hybridized carbons (Fsp3) is 0.938. The van der Waals surface area contributed by atoms with Crippen LogP contribution in [-0.2, 0) is 9.53 Å². The molecule has 136 valence electrons. The van der Waals surface area contributed by atoms with E-state index < -0.39 is 0 Å². The van der Waals surface area contributed by atoms with E-state index in [1.807, 2.05) is 0 Å². The maximum Gasteiger partial charge on any atom is 0.224 e. The number of ether oxygens (including phenoxy) is 1. The van der Waals surface area contributed by atoms with Gasteiger partial charge in [0, 0.05) is 50.7 Å². The Balaban J connectivity index is 0.00000132. The molecule has 1 aliphatic carbocycles. The molecule has 2 heterocycles. The number of morpholine rings is 1. The number of piperazine rings is 1.